The lowest BCUT2D eigenvalue weighted by atomic mass is 9.99. The number of aromatic nitrogens is 1. The SMILES string of the molecule is Cc1cc(F)cc2[nH]c(C(=O)NC3(C(=O)O)CCOC3)cc12. The average Bonchev–Trinajstić information content (AvgIpc) is 3.05. The van der Waals surface area contributed by atoms with Gasteiger partial charge in [0, 0.05) is 23.9 Å². The Morgan fingerprint density at radius 1 is 1.41 bits per heavy atom. The standard InChI is InChI=1S/C15H15FN2O4/c1-8-4-9(16)5-11-10(8)6-12(17-11)13(19)18-15(14(20)21)2-3-22-7-15/h4-6,17H,2-3,7H2,1H3,(H,18,19)(H,20,21). The summed E-state index contributed by atoms with van der Waals surface area (Å²) in [6, 6.07) is 4.26. The molecular weight excluding hydrogens is 291 g/mol. The molecule has 3 rings (SSSR count). The molecule has 3 N–H and O–H groups in total. The van der Waals surface area contributed by atoms with Crippen LogP contribution in [0.4, 0.5) is 4.39 Å². The first-order chi connectivity index (χ1) is 10.4. The van der Waals surface area contributed by atoms with Crippen molar-refractivity contribution in [2.75, 3.05) is 13.2 Å². The van der Waals surface area contributed by atoms with Gasteiger partial charge in [-0.2, -0.15) is 0 Å². The van der Waals surface area contributed by atoms with Crippen molar-refractivity contribution in [1.82, 2.24) is 10.3 Å². The van der Waals surface area contributed by atoms with Crippen molar-refractivity contribution in [2.24, 2.45) is 0 Å². The van der Waals surface area contributed by atoms with Crippen molar-refractivity contribution in [3.63, 3.8) is 0 Å². The molecule has 0 aliphatic carbocycles. The summed E-state index contributed by atoms with van der Waals surface area (Å²) in [5, 5.41) is 12.6. The zero-order valence-electron chi connectivity index (χ0n) is 11.9. The predicted octanol–water partition coefficient (Wildman–Crippen LogP) is 1.59. The van der Waals surface area contributed by atoms with Crippen LogP contribution in [-0.4, -0.2) is 40.7 Å². The predicted molar refractivity (Wildman–Crippen MR) is 76.3 cm³/mol. The van der Waals surface area contributed by atoms with E-state index in [1.807, 2.05) is 0 Å². The van der Waals surface area contributed by atoms with Crippen molar-refractivity contribution in [3.05, 3.63) is 35.3 Å². The lowest BCUT2D eigenvalue weighted by Crippen LogP contribution is -2.55. The number of ether oxygens (including phenoxy) is 1. The van der Waals surface area contributed by atoms with Crippen molar-refractivity contribution in [2.45, 2.75) is 18.9 Å². The van der Waals surface area contributed by atoms with Gasteiger partial charge in [-0.25, -0.2) is 9.18 Å². The number of nitrogens with one attached hydrogen (secondary N) is 2. The van der Waals surface area contributed by atoms with Crippen LogP contribution in [0.3, 0.4) is 0 Å². The molecule has 116 valence electrons. The highest BCUT2D eigenvalue weighted by Crippen LogP contribution is 2.23. The fourth-order valence-corrected chi connectivity index (χ4v) is 2.67. The summed E-state index contributed by atoms with van der Waals surface area (Å²) in [5.41, 5.74) is -0.0253. The number of rotatable bonds is 3. The topological polar surface area (TPSA) is 91.4 Å². The van der Waals surface area contributed by atoms with Crippen LogP contribution in [0.1, 0.15) is 22.5 Å². The zero-order chi connectivity index (χ0) is 15.9. The van der Waals surface area contributed by atoms with E-state index in [-0.39, 0.29) is 25.3 Å². The minimum atomic E-state index is -1.41. The number of amides is 1. The van der Waals surface area contributed by atoms with E-state index < -0.39 is 23.2 Å². The number of aryl methyl sites for hydroxylation is 1. The summed E-state index contributed by atoms with van der Waals surface area (Å²) < 4.78 is 18.5. The molecule has 0 spiro atoms. The van der Waals surface area contributed by atoms with Gasteiger partial charge in [-0.05, 0) is 30.7 Å². The smallest absolute Gasteiger partial charge is 0.331 e. The van der Waals surface area contributed by atoms with Crippen LogP contribution in [-0.2, 0) is 9.53 Å². The molecule has 1 atom stereocenters. The van der Waals surface area contributed by atoms with Crippen LogP contribution in [0.25, 0.3) is 10.9 Å². The highest BCUT2D eigenvalue weighted by molar-refractivity contribution is 6.01. The molecule has 2 heterocycles. The fourth-order valence-electron chi connectivity index (χ4n) is 2.67. The average molecular weight is 306 g/mol. The lowest BCUT2D eigenvalue weighted by Gasteiger charge is -2.23. The number of fused-ring (bicyclic) bond motifs is 1. The third-order valence-corrected chi connectivity index (χ3v) is 3.94. The number of hydrogen-bond acceptors (Lipinski definition) is 3. The Kier molecular flexibility index (Phi) is 3.37. The molecule has 1 aliphatic rings. The van der Waals surface area contributed by atoms with Gasteiger partial charge in [-0.15, -0.1) is 0 Å². The molecule has 22 heavy (non-hydrogen) atoms. The van der Waals surface area contributed by atoms with Gasteiger partial charge in [0.05, 0.1) is 6.61 Å². The molecule has 0 radical (unpaired) electrons. The zero-order valence-corrected chi connectivity index (χ0v) is 11.9. The van der Waals surface area contributed by atoms with Gasteiger partial charge in [0.1, 0.15) is 11.5 Å². The van der Waals surface area contributed by atoms with Gasteiger partial charge >= 0.3 is 5.97 Å². The number of benzene rings is 1. The molecule has 6 nitrogen and oxygen atoms in total. The molecule has 0 saturated carbocycles. The van der Waals surface area contributed by atoms with Crippen molar-refractivity contribution in [1.29, 1.82) is 0 Å². The number of hydrogen-bond donors (Lipinski definition) is 3. The maximum atomic E-state index is 13.4. The molecule has 1 aromatic heterocycles. The molecule has 7 heteroatoms. The van der Waals surface area contributed by atoms with Crippen LogP contribution in [0.5, 0.6) is 0 Å². The monoisotopic (exact) mass is 306 g/mol. The first-order valence-corrected chi connectivity index (χ1v) is 6.84. The first kappa shape index (κ1) is 14.5. The Balaban J connectivity index is 1.92. The highest BCUT2D eigenvalue weighted by Gasteiger charge is 2.44. The fraction of sp³-hybridized carbons (Fsp3) is 0.333. The Hall–Kier alpha value is -2.41. The number of carbonyl (C=O) groups is 2. The maximum Gasteiger partial charge on any atom is 0.331 e. The molecular formula is C15H15FN2O4. The molecule has 1 amide bonds. The highest BCUT2D eigenvalue weighted by atomic mass is 19.1. The van der Waals surface area contributed by atoms with E-state index in [0.717, 1.165) is 5.39 Å². The number of carboxylic acid groups (broad SMARTS) is 1. The number of aromatic amines is 1. The largest absolute Gasteiger partial charge is 0.479 e. The van der Waals surface area contributed by atoms with E-state index >= 15 is 0 Å². The van der Waals surface area contributed by atoms with Crippen molar-refractivity contribution < 1.29 is 23.8 Å². The van der Waals surface area contributed by atoms with E-state index in [9.17, 15) is 19.1 Å². The van der Waals surface area contributed by atoms with E-state index in [0.29, 0.717) is 11.1 Å². The summed E-state index contributed by atoms with van der Waals surface area (Å²) in [4.78, 5) is 26.5. The summed E-state index contributed by atoms with van der Waals surface area (Å²) in [5.74, 6) is -2.08. The second-order valence-corrected chi connectivity index (χ2v) is 5.51. The van der Waals surface area contributed by atoms with Gasteiger partial charge in [-0.3, -0.25) is 4.79 Å². The Labute approximate surface area is 125 Å². The third-order valence-electron chi connectivity index (χ3n) is 3.94. The summed E-state index contributed by atoms with van der Waals surface area (Å²) in [6.45, 7) is 1.95. The van der Waals surface area contributed by atoms with Crippen molar-refractivity contribution >= 4 is 22.8 Å². The minimum Gasteiger partial charge on any atom is -0.479 e. The number of H-pyrrole nitrogens is 1. The van der Waals surface area contributed by atoms with Crippen LogP contribution in [0.15, 0.2) is 18.2 Å². The Morgan fingerprint density at radius 3 is 2.82 bits per heavy atom. The van der Waals surface area contributed by atoms with E-state index in [1.54, 1.807) is 13.0 Å². The van der Waals surface area contributed by atoms with E-state index in [4.69, 9.17) is 4.74 Å². The number of aliphatic carboxylic acids is 1. The van der Waals surface area contributed by atoms with Gasteiger partial charge in [0.15, 0.2) is 5.54 Å². The molecule has 1 aliphatic heterocycles. The van der Waals surface area contributed by atoms with Gasteiger partial charge in [0.25, 0.3) is 5.91 Å². The molecule has 2 aromatic rings. The maximum absolute atomic E-state index is 13.4. The summed E-state index contributed by atoms with van der Waals surface area (Å²) in [7, 11) is 0. The van der Waals surface area contributed by atoms with Crippen LogP contribution in [0.2, 0.25) is 0 Å². The molecule has 1 unspecified atom stereocenters. The van der Waals surface area contributed by atoms with Crippen LogP contribution in [0, 0.1) is 12.7 Å². The van der Waals surface area contributed by atoms with Gasteiger partial charge in [0.2, 0.25) is 0 Å². The second kappa shape index (κ2) is 5.10. The van der Waals surface area contributed by atoms with Crippen molar-refractivity contribution in [3.8, 4) is 0 Å². The van der Waals surface area contributed by atoms with E-state index in [1.165, 1.54) is 12.1 Å². The number of carbonyl (C=O) groups excluding carboxylic acids is 1. The second-order valence-electron chi connectivity index (χ2n) is 5.51. The Bertz CT molecular complexity index is 762. The Morgan fingerprint density at radius 2 is 2.18 bits per heavy atom. The van der Waals surface area contributed by atoms with E-state index in [2.05, 4.69) is 10.3 Å². The van der Waals surface area contributed by atoms with Gasteiger partial charge < -0.3 is 20.1 Å². The first-order valence-electron chi connectivity index (χ1n) is 6.84. The quantitative estimate of drug-likeness (QED) is 0.803. The summed E-state index contributed by atoms with van der Waals surface area (Å²) in [6.07, 6.45) is 0.210. The van der Waals surface area contributed by atoms with Gasteiger partial charge in [-0.1, -0.05) is 0 Å². The molecule has 0 bridgehead atoms. The molecule has 1 aromatic carbocycles. The molecule has 1 fully saturated rings. The summed E-state index contributed by atoms with van der Waals surface area (Å²) >= 11 is 0. The molecule has 1 saturated heterocycles. The third kappa shape index (κ3) is 2.33. The van der Waals surface area contributed by atoms with Crippen LogP contribution >= 0.6 is 0 Å². The lowest BCUT2D eigenvalue weighted by molar-refractivity contribution is -0.144. The minimum absolute atomic E-state index is 0.0675. The normalized spacial score (nSPS) is 21.2. The van der Waals surface area contributed by atoms with Crippen LogP contribution < -0.4 is 5.32 Å². The number of halogens is 1. The number of carboxylic acids is 1.